The molecule has 3 N–H and O–H groups in total. The largest absolute Gasteiger partial charge is 0.307 e. The van der Waals surface area contributed by atoms with Crippen molar-refractivity contribution in [2.75, 3.05) is 12.0 Å². The van der Waals surface area contributed by atoms with E-state index in [2.05, 4.69) is 10.4 Å². The zero-order valence-corrected chi connectivity index (χ0v) is 13.1. The lowest BCUT2D eigenvalue weighted by Crippen LogP contribution is -2.38. The topological polar surface area (TPSA) is 88.3 Å². The molecule has 0 bridgehead atoms. The zero-order chi connectivity index (χ0) is 14.9. The number of halogens is 1. The van der Waals surface area contributed by atoms with Crippen LogP contribution < -0.4 is 11.3 Å². The molecule has 112 valence electrons. The smallest absolute Gasteiger partial charge is 0.244 e. The van der Waals surface area contributed by atoms with Gasteiger partial charge in [0.2, 0.25) is 10.0 Å². The van der Waals surface area contributed by atoms with Crippen molar-refractivity contribution in [3.8, 4) is 0 Å². The number of aromatic nitrogens is 1. The van der Waals surface area contributed by atoms with E-state index in [0.717, 1.165) is 12.8 Å². The molecule has 0 aliphatic carbocycles. The third-order valence-electron chi connectivity index (χ3n) is 3.58. The van der Waals surface area contributed by atoms with E-state index < -0.39 is 10.0 Å². The van der Waals surface area contributed by atoms with Crippen molar-refractivity contribution in [1.29, 1.82) is 0 Å². The molecule has 0 amide bonds. The van der Waals surface area contributed by atoms with E-state index in [9.17, 15) is 8.42 Å². The number of nitrogens with one attached hydrogen (secondary N) is 1. The zero-order valence-electron chi connectivity index (χ0n) is 11.5. The summed E-state index contributed by atoms with van der Waals surface area (Å²) in [6.45, 7) is 4.61. The van der Waals surface area contributed by atoms with Gasteiger partial charge in [-0.2, -0.15) is 4.31 Å². The summed E-state index contributed by atoms with van der Waals surface area (Å²) in [4.78, 5) is 4.04. The van der Waals surface area contributed by atoms with Crippen molar-refractivity contribution in [3.05, 3.63) is 17.3 Å². The Bertz CT molecular complexity index is 591. The molecule has 0 saturated carbocycles. The molecule has 2 heterocycles. The van der Waals surface area contributed by atoms with Crippen LogP contribution in [0.1, 0.15) is 26.7 Å². The number of nitrogen functional groups attached to an aromatic ring is 1. The van der Waals surface area contributed by atoms with Gasteiger partial charge in [-0.3, -0.25) is 0 Å². The Morgan fingerprint density at radius 3 is 2.80 bits per heavy atom. The fraction of sp³-hybridized carbons (Fsp3) is 0.583. The van der Waals surface area contributed by atoms with Gasteiger partial charge in [-0.15, -0.1) is 0 Å². The monoisotopic (exact) mass is 318 g/mol. The third kappa shape index (κ3) is 2.76. The van der Waals surface area contributed by atoms with Crippen LogP contribution in [-0.4, -0.2) is 30.3 Å². The molecule has 6 nitrogen and oxygen atoms in total. The Morgan fingerprint density at radius 2 is 2.25 bits per heavy atom. The molecule has 0 aromatic carbocycles. The standard InChI is InChI=1S/C12H19ClN4O2S/c1-8(2)11-4-3-5-17(11)20(18,19)9-6-10(13)12(16-14)15-7-9/h6-8,11H,3-5,14H2,1-2H3,(H,15,16). The highest BCUT2D eigenvalue weighted by atomic mass is 35.5. The maximum absolute atomic E-state index is 12.7. The summed E-state index contributed by atoms with van der Waals surface area (Å²) in [6, 6.07) is 1.42. The first-order valence-corrected chi connectivity index (χ1v) is 8.33. The van der Waals surface area contributed by atoms with E-state index in [1.165, 1.54) is 12.3 Å². The van der Waals surface area contributed by atoms with Crippen LogP contribution in [0.5, 0.6) is 0 Å². The molecule has 1 unspecified atom stereocenters. The molecule has 0 radical (unpaired) electrons. The number of sulfonamides is 1. The molecule has 1 aromatic rings. The number of nitrogens with two attached hydrogens (primary N) is 1. The summed E-state index contributed by atoms with van der Waals surface area (Å²) < 4.78 is 26.9. The number of rotatable bonds is 4. The van der Waals surface area contributed by atoms with Crippen molar-refractivity contribution in [3.63, 3.8) is 0 Å². The first kappa shape index (κ1) is 15.5. The second-order valence-electron chi connectivity index (χ2n) is 5.22. The summed E-state index contributed by atoms with van der Waals surface area (Å²) in [5, 5.41) is 0.189. The van der Waals surface area contributed by atoms with Crippen LogP contribution in [0.2, 0.25) is 5.02 Å². The Kier molecular flexibility index (Phi) is 4.53. The van der Waals surface area contributed by atoms with Crippen molar-refractivity contribution in [2.45, 2.75) is 37.6 Å². The van der Waals surface area contributed by atoms with Gasteiger partial charge in [-0.1, -0.05) is 25.4 Å². The van der Waals surface area contributed by atoms with Crippen molar-refractivity contribution < 1.29 is 8.42 Å². The maximum Gasteiger partial charge on any atom is 0.244 e. The number of pyridine rings is 1. The fourth-order valence-electron chi connectivity index (χ4n) is 2.53. The number of hydrogen-bond donors (Lipinski definition) is 2. The Balaban J connectivity index is 2.37. The third-order valence-corrected chi connectivity index (χ3v) is 5.76. The average molecular weight is 319 g/mol. The van der Waals surface area contributed by atoms with Gasteiger partial charge in [-0.05, 0) is 24.8 Å². The van der Waals surface area contributed by atoms with Crippen LogP contribution in [0.4, 0.5) is 5.82 Å². The average Bonchev–Trinajstić information content (AvgIpc) is 2.88. The summed E-state index contributed by atoms with van der Waals surface area (Å²) in [6.07, 6.45) is 3.05. The highest BCUT2D eigenvalue weighted by molar-refractivity contribution is 7.89. The predicted molar refractivity (Wildman–Crippen MR) is 78.8 cm³/mol. The molecule has 1 aliphatic rings. The van der Waals surface area contributed by atoms with Gasteiger partial charge in [0.1, 0.15) is 4.90 Å². The van der Waals surface area contributed by atoms with Crippen LogP contribution in [-0.2, 0) is 10.0 Å². The Hall–Kier alpha value is -0.890. The quantitative estimate of drug-likeness (QED) is 0.653. The fourth-order valence-corrected chi connectivity index (χ4v) is 4.62. The number of hydrazine groups is 1. The lowest BCUT2D eigenvalue weighted by atomic mass is 10.0. The number of hydrogen-bond acceptors (Lipinski definition) is 5. The second kappa shape index (κ2) is 5.85. The normalized spacial score (nSPS) is 20.6. The van der Waals surface area contributed by atoms with E-state index in [-0.39, 0.29) is 27.7 Å². The first-order chi connectivity index (χ1) is 9.37. The molecule has 20 heavy (non-hydrogen) atoms. The number of anilines is 1. The van der Waals surface area contributed by atoms with Crippen LogP contribution >= 0.6 is 11.6 Å². The number of nitrogens with zero attached hydrogens (tertiary/aromatic N) is 2. The van der Waals surface area contributed by atoms with Gasteiger partial charge in [0, 0.05) is 18.8 Å². The minimum Gasteiger partial charge on any atom is -0.307 e. The summed E-state index contributed by atoms with van der Waals surface area (Å²) in [5.74, 6) is 5.77. The van der Waals surface area contributed by atoms with Crippen LogP contribution in [0.15, 0.2) is 17.2 Å². The lowest BCUT2D eigenvalue weighted by Gasteiger charge is -2.26. The molecule has 1 atom stereocenters. The minimum atomic E-state index is -3.56. The molecule has 1 saturated heterocycles. The highest BCUT2D eigenvalue weighted by Crippen LogP contribution is 2.31. The molecule has 1 fully saturated rings. The first-order valence-electron chi connectivity index (χ1n) is 6.52. The molecule has 1 aromatic heterocycles. The van der Waals surface area contributed by atoms with Crippen LogP contribution in [0.25, 0.3) is 0 Å². The molecular formula is C12H19ClN4O2S. The molecule has 1 aliphatic heterocycles. The van der Waals surface area contributed by atoms with Crippen molar-refractivity contribution in [2.24, 2.45) is 11.8 Å². The second-order valence-corrected chi connectivity index (χ2v) is 7.51. The van der Waals surface area contributed by atoms with Crippen molar-refractivity contribution in [1.82, 2.24) is 9.29 Å². The van der Waals surface area contributed by atoms with Gasteiger partial charge in [0.05, 0.1) is 5.02 Å². The van der Waals surface area contributed by atoms with E-state index in [1.807, 2.05) is 13.8 Å². The Morgan fingerprint density at radius 1 is 1.55 bits per heavy atom. The minimum absolute atomic E-state index is 0.0334. The summed E-state index contributed by atoms with van der Waals surface area (Å²) in [7, 11) is -3.56. The van der Waals surface area contributed by atoms with Crippen molar-refractivity contribution >= 4 is 27.4 Å². The van der Waals surface area contributed by atoms with Crippen LogP contribution in [0.3, 0.4) is 0 Å². The van der Waals surface area contributed by atoms with E-state index in [0.29, 0.717) is 6.54 Å². The van der Waals surface area contributed by atoms with Gasteiger partial charge < -0.3 is 5.43 Å². The highest BCUT2D eigenvalue weighted by Gasteiger charge is 2.37. The lowest BCUT2D eigenvalue weighted by molar-refractivity contribution is 0.315. The Labute approximate surface area is 124 Å². The SMILES string of the molecule is CC(C)C1CCCN1S(=O)(=O)c1cnc(NN)c(Cl)c1. The van der Waals surface area contributed by atoms with E-state index >= 15 is 0 Å². The predicted octanol–water partition coefficient (Wildman–Crippen LogP) is 1.83. The summed E-state index contributed by atoms with van der Waals surface area (Å²) >= 11 is 5.95. The molecule has 8 heteroatoms. The van der Waals surface area contributed by atoms with Crippen LogP contribution in [0, 0.1) is 5.92 Å². The van der Waals surface area contributed by atoms with Gasteiger partial charge >= 0.3 is 0 Å². The molecule has 0 spiro atoms. The molecular weight excluding hydrogens is 300 g/mol. The van der Waals surface area contributed by atoms with Gasteiger partial charge in [0.25, 0.3) is 0 Å². The van der Waals surface area contributed by atoms with E-state index in [1.54, 1.807) is 4.31 Å². The maximum atomic E-state index is 12.7. The van der Waals surface area contributed by atoms with Gasteiger partial charge in [-0.25, -0.2) is 19.2 Å². The summed E-state index contributed by atoms with van der Waals surface area (Å²) in [5.41, 5.74) is 2.32. The molecule has 2 rings (SSSR count). The van der Waals surface area contributed by atoms with E-state index in [4.69, 9.17) is 17.4 Å². The van der Waals surface area contributed by atoms with Gasteiger partial charge in [0.15, 0.2) is 5.82 Å².